The summed E-state index contributed by atoms with van der Waals surface area (Å²) in [4.78, 5) is 12.7. The zero-order valence-electron chi connectivity index (χ0n) is 15.7. The monoisotopic (exact) mass is 409 g/mol. The number of ether oxygens (including phenoxy) is 2. The molecule has 29 heavy (non-hydrogen) atoms. The number of nitrogens with zero attached hydrogens (tertiary/aromatic N) is 2. The Balaban J connectivity index is 1.27. The third kappa shape index (κ3) is 3.68. The summed E-state index contributed by atoms with van der Waals surface area (Å²) in [6.07, 6.45) is 1.46. The zero-order chi connectivity index (χ0) is 19.8. The minimum Gasteiger partial charge on any atom is -0.491 e. The molecule has 0 radical (unpaired) electrons. The molecule has 0 fully saturated rings. The van der Waals surface area contributed by atoms with Crippen molar-refractivity contribution in [2.45, 2.75) is 31.5 Å². The fourth-order valence-corrected chi connectivity index (χ4v) is 4.02. The van der Waals surface area contributed by atoms with Gasteiger partial charge in [0.15, 0.2) is 5.69 Å². The van der Waals surface area contributed by atoms with Crippen LogP contribution in [0.2, 0.25) is 5.02 Å². The summed E-state index contributed by atoms with van der Waals surface area (Å²) in [6, 6.07) is 17.2. The number of aromatic nitrogens is 2. The highest BCUT2D eigenvalue weighted by Gasteiger charge is 2.27. The molecular formula is C22H20ClN3O3. The maximum Gasteiger partial charge on any atom is 0.272 e. The molecule has 0 spiro atoms. The Hall–Kier alpha value is -2.99. The lowest BCUT2D eigenvalue weighted by Crippen LogP contribution is -2.42. The van der Waals surface area contributed by atoms with Crippen molar-refractivity contribution in [2.24, 2.45) is 0 Å². The summed E-state index contributed by atoms with van der Waals surface area (Å²) in [5.74, 6) is 1.20. The van der Waals surface area contributed by atoms with Gasteiger partial charge in [-0.25, -0.2) is 4.68 Å². The molecule has 1 N–H and O–H groups in total. The van der Waals surface area contributed by atoms with E-state index in [9.17, 15) is 4.79 Å². The van der Waals surface area contributed by atoms with E-state index in [-0.39, 0.29) is 18.1 Å². The van der Waals surface area contributed by atoms with Crippen molar-refractivity contribution >= 4 is 17.5 Å². The first kappa shape index (κ1) is 18.1. The minimum absolute atomic E-state index is 0.0238. The summed E-state index contributed by atoms with van der Waals surface area (Å²) in [7, 11) is 0. The molecule has 7 heteroatoms. The first-order valence-electron chi connectivity index (χ1n) is 9.67. The number of fused-ring (bicyclic) bond motifs is 2. The van der Waals surface area contributed by atoms with E-state index in [1.165, 1.54) is 0 Å². The minimum atomic E-state index is -0.231. The average Bonchev–Trinajstić information content (AvgIpc) is 3.18. The van der Waals surface area contributed by atoms with E-state index in [2.05, 4.69) is 22.5 Å². The lowest BCUT2D eigenvalue weighted by atomic mass is 10.0. The van der Waals surface area contributed by atoms with Gasteiger partial charge in [0.2, 0.25) is 5.88 Å². The molecule has 1 aromatic heterocycles. The Kier molecular flexibility index (Phi) is 4.64. The van der Waals surface area contributed by atoms with Crippen LogP contribution in [0.5, 0.6) is 11.6 Å². The fraction of sp³-hybridized carbons (Fsp3) is 0.273. The van der Waals surface area contributed by atoms with Gasteiger partial charge in [-0.05, 0) is 35.7 Å². The largest absolute Gasteiger partial charge is 0.491 e. The molecule has 0 aliphatic carbocycles. The van der Waals surface area contributed by atoms with Gasteiger partial charge in [-0.1, -0.05) is 41.9 Å². The first-order valence-corrected chi connectivity index (χ1v) is 10.0. The summed E-state index contributed by atoms with van der Waals surface area (Å²) in [5.41, 5.74) is 2.47. The molecule has 0 bridgehead atoms. The van der Waals surface area contributed by atoms with Gasteiger partial charge in [0, 0.05) is 24.1 Å². The topological polar surface area (TPSA) is 65.4 Å². The van der Waals surface area contributed by atoms with Crippen LogP contribution in [0.3, 0.4) is 0 Å². The molecule has 1 amide bonds. The lowest BCUT2D eigenvalue weighted by Gasteiger charge is -2.26. The van der Waals surface area contributed by atoms with Gasteiger partial charge in [0.1, 0.15) is 18.5 Å². The van der Waals surface area contributed by atoms with Crippen molar-refractivity contribution in [3.05, 3.63) is 76.4 Å². The number of nitrogens with one attached hydrogen (secondary N) is 1. The maximum absolute atomic E-state index is 12.7. The van der Waals surface area contributed by atoms with Gasteiger partial charge in [-0.2, -0.15) is 5.10 Å². The summed E-state index contributed by atoms with van der Waals surface area (Å²) >= 11 is 6.07. The van der Waals surface area contributed by atoms with Gasteiger partial charge in [-0.15, -0.1) is 0 Å². The van der Waals surface area contributed by atoms with Crippen molar-refractivity contribution in [2.75, 3.05) is 6.61 Å². The number of benzene rings is 2. The number of carbonyl (C=O) groups excluding carboxylic acids is 1. The molecule has 5 rings (SSSR count). The van der Waals surface area contributed by atoms with Crippen molar-refractivity contribution in [3.63, 3.8) is 0 Å². The molecule has 0 saturated carbocycles. The quantitative estimate of drug-likeness (QED) is 0.714. The number of aryl methyl sites for hydroxylation is 1. The zero-order valence-corrected chi connectivity index (χ0v) is 16.4. The summed E-state index contributed by atoms with van der Waals surface area (Å²) < 4.78 is 13.6. The van der Waals surface area contributed by atoms with Gasteiger partial charge >= 0.3 is 0 Å². The van der Waals surface area contributed by atoms with E-state index in [1.807, 2.05) is 30.3 Å². The van der Waals surface area contributed by atoms with E-state index in [4.69, 9.17) is 21.1 Å². The Morgan fingerprint density at radius 3 is 2.90 bits per heavy atom. The van der Waals surface area contributed by atoms with Gasteiger partial charge < -0.3 is 14.8 Å². The van der Waals surface area contributed by atoms with E-state index in [0.717, 1.165) is 23.3 Å². The molecule has 6 nitrogen and oxygen atoms in total. The van der Waals surface area contributed by atoms with Crippen LogP contribution in [0.1, 0.15) is 34.1 Å². The van der Waals surface area contributed by atoms with Crippen LogP contribution in [-0.4, -0.2) is 28.3 Å². The number of halogens is 1. The second kappa shape index (κ2) is 7.44. The highest BCUT2D eigenvalue weighted by Crippen LogP contribution is 2.31. The fourth-order valence-electron chi connectivity index (χ4n) is 3.83. The summed E-state index contributed by atoms with van der Waals surface area (Å²) in [6.45, 7) is 1.13. The first-order chi connectivity index (χ1) is 14.2. The number of carbonyl (C=O) groups is 1. The average molecular weight is 410 g/mol. The highest BCUT2D eigenvalue weighted by molar-refractivity contribution is 6.30. The standard InChI is InChI=1S/C22H20ClN3O3/c23-16-6-7-19-15(10-16)11-17(13-28-19)24-22(27)18-12-21-26(25-18)9-8-20(29-21)14-4-2-1-3-5-14/h1-7,10,12,17,20H,8-9,11,13H2,(H,24,27). The number of hydrogen-bond donors (Lipinski definition) is 1. The van der Waals surface area contributed by atoms with E-state index < -0.39 is 0 Å². The van der Waals surface area contributed by atoms with Gasteiger partial charge in [0.25, 0.3) is 5.91 Å². The molecule has 148 valence electrons. The van der Waals surface area contributed by atoms with E-state index in [1.54, 1.807) is 16.8 Å². The molecule has 0 saturated heterocycles. The van der Waals surface area contributed by atoms with Crippen molar-refractivity contribution in [1.29, 1.82) is 0 Å². The van der Waals surface area contributed by atoms with Crippen molar-refractivity contribution in [1.82, 2.24) is 15.1 Å². The van der Waals surface area contributed by atoms with Crippen LogP contribution in [0.25, 0.3) is 0 Å². The van der Waals surface area contributed by atoms with Crippen LogP contribution >= 0.6 is 11.6 Å². The Bertz CT molecular complexity index is 1050. The number of hydrogen-bond acceptors (Lipinski definition) is 4. The Labute approximate surface area is 173 Å². The van der Waals surface area contributed by atoms with Gasteiger partial charge in [-0.3, -0.25) is 4.79 Å². The SMILES string of the molecule is O=C(NC1COc2ccc(Cl)cc2C1)c1cc2n(n1)CCC(c1ccccc1)O2. The van der Waals surface area contributed by atoms with Crippen LogP contribution in [0, 0.1) is 0 Å². The maximum atomic E-state index is 12.7. The number of amides is 1. The second-order valence-corrected chi connectivity index (χ2v) is 7.77. The third-order valence-corrected chi connectivity index (χ3v) is 5.51. The predicted octanol–water partition coefficient (Wildman–Crippen LogP) is 3.79. The Morgan fingerprint density at radius 1 is 1.17 bits per heavy atom. The molecule has 2 unspecified atom stereocenters. The highest BCUT2D eigenvalue weighted by atomic mass is 35.5. The van der Waals surface area contributed by atoms with Crippen LogP contribution in [0.4, 0.5) is 0 Å². The third-order valence-electron chi connectivity index (χ3n) is 5.28. The normalized spacial score (nSPS) is 20.0. The molecule has 2 aliphatic rings. The molecular weight excluding hydrogens is 390 g/mol. The van der Waals surface area contributed by atoms with Crippen molar-refractivity contribution < 1.29 is 14.3 Å². The smallest absolute Gasteiger partial charge is 0.272 e. The van der Waals surface area contributed by atoms with Gasteiger partial charge in [0.05, 0.1) is 6.04 Å². The lowest BCUT2D eigenvalue weighted by molar-refractivity contribution is 0.0909. The predicted molar refractivity (Wildman–Crippen MR) is 109 cm³/mol. The molecule has 2 aromatic carbocycles. The summed E-state index contributed by atoms with van der Waals surface area (Å²) in [5, 5.41) is 8.09. The van der Waals surface area contributed by atoms with Crippen LogP contribution in [-0.2, 0) is 13.0 Å². The molecule has 2 atom stereocenters. The van der Waals surface area contributed by atoms with Crippen molar-refractivity contribution in [3.8, 4) is 11.6 Å². The molecule has 3 heterocycles. The van der Waals surface area contributed by atoms with Crippen LogP contribution < -0.4 is 14.8 Å². The van der Waals surface area contributed by atoms with E-state index in [0.29, 0.717) is 36.2 Å². The second-order valence-electron chi connectivity index (χ2n) is 7.33. The number of rotatable bonds is 3. The van der Waals surface area contributed by atoms with Crippen LogP contribution in [0.15, 0.2) is 54.6 Å². The molecule has 2 aliphatic heterocycles. The Morgan fingerprint density at radius 2 is 2.03 bits per heavy atom. The van der Waals surface area contributed by atoms with E-state index >= 15 is 0 Å². The molecule has 3 aromatic rings.